The van der Waals surface area contributed by atoms with Crippen molar-refractivity contribution in [2.45, 2.75) is 24.6 Å². The summed E-state index contributed by atoms with van der Waals surface area (Å²) in [7, 11) is 0. The fraction of sp³-hybridized carbons (Fsp3) is 0.800. The SMILES string of the molecule is CCC[C@H](Br)C(=O)[O-]. The van der Waals surface area contributed by atoms with Gasteiger partial charge in [0.2, 0.25) is 0 Å². The van der Waals surface area contributed by atoms with E-state index in [0.717, 1.165) is 6.42 Å². The lowest BCUT2D eigenvalue weighted by atomic mass is 10.2. The summed E-state index contributed by atoms with van der Waals surface area (Å²) in [5.41, 5.74) is 0. The van der Waals surface area contributed by atoms with E-state index in [0.29, 0.717) is 6.42 Å². The quantitative estimate of drug-likeness (QED) is 0.586. The second-order valence-corrected chi connectivity index (χ2v) is 2.68. The van der Waals surface area contributed by atoms with Crippen molar-refractivity contribution < 1.29 is 9.90 Å². The highest BCUT2D eigenvalue weighted by molar-refractivity contribution is 9.10. The Hall–Kier alpha value is -0.0500. The van der Waals surface area contributed by atoms with Crippen LogP contribution in [0.4, 0.5) is 0 Å². The summed E-state index contributed by atoms with van der Waals surface area (Å²) in [6, 6.07) is 0. The van der Waals surface area contributed by atoms with Crippen molar-refractivity contribution in [2.75, 3.05) is 0 Å². The van der Waals surface area contributed by atoms with Gasteiger partial charge < -0.3 is 9.90 Å². The van der Waals surface area contributed by atoms with Crippen molar-refractivity contribution in [3.63, 3.8) is 0 Å². The highest BCUT2D eigenvalue weighted by Crippen LogP contribution is 2.05. The van der Waals surface area contributed by atoms with Crippen molar-refractivity contribution in [1.29, 1.82) is 0 Å². The lowest BCUT2D eigenvalue weighted by Crippen LogP contribution is -2.31. The summed E-state index contributed by atoms with van der Waals surface area (Å²) < 4.78 is 0. The topological polar surface area (TPSA) is 40.1 Å². The van der Waals surface area contributed by atoms with Crippen LogP contribution in [0.1, 0.15) is 19.8 Å². The Morgan fingerprint density at radius 3 is 2.50 bits per heavy atom. The molecule has 0 aromatic rings. The maximum atomic E-state index is 9.93. The molecule has 0 unspecified atom stereocenters. The van der Waals surface area contributed by atoms with Gasteiger partial charge in [0.05, 0.1) is 10.8 Å². The van der Waals surface area contributed by atoms with E-state index in [1.54, 1.807) is 0 Å². The van der Waals surface area contributed by atoms with E-state index in [1.807, 2.05) is 6.92 Å². The first-order valence-electron chi connectivity index (χ1n) is 2.53. The van der Waals surface area contributed by atoms with Crippen LogP contribution in [0.5, 0.6) is 0 Å². The Bertz CT molecular complexity index is 82.5. The van der Waals surface area contributed by atoms with Crippen LogP contribution in [0.15, 0.2) is 0 Å². The van der Waals surface area contributed by atoms with Crippen molar-refractivity contribution in [3.05, 3.63) is 0 Å². The first-order chi connectivity index (χ1) is 3.68. The summed E-state index contributed by atoms with van der Waals surface area (Å²) >= 11 is 2.94. The first-order valence-corrected chi connectivity index (χ1v) is 3.45. The number of hydrogen-bond donors (Lipinski definition) is 0. The number of aliphatic carboxylic acids is 1. The number of halogens is 1. The largest absolute Gasteiger partial charge is 0.549 e. The number of rotatable bonds is 3. The van der Waals surface area contributed by atoms with E-state index in [4.69, 9.17) is 0 Å². The van der Waals surface area contributed by atoms with Gasteiger partial charge in [-0.05, 0) is 6.42 Å². The number of carboxylic acid groups (broad SMARTS) is 1. The lowest BCUT2D eigenvalue weighted by molar-refractivity contribution is -0.304. The zero-order valence-corrected chi connectivity index (χ0v) is 6.27. The molecule has 0 aliphatic heterocycles. The van der Waals surface area contributed by atoms with E-state index in [2.05, 4.69) is 15.9 Å². The second kappa shape index (κ2) is 3.89. The molecule has 0 heterocycles. The van der Waals surface area contributed by atoms with Crippen LogP contribution in [0, 0.1) is 0 Å². The highest BCUT2D eigenvalue weighted by atomic mass is 79.9. The van der Waals surface area contributed by atoms with Crippen LogP contribution in [-0.4, -0.2) is 10.8 Å². The van der Waals surface area contributed by atoms with Gasteiger partial charge in [0.25, 0.3) is 0 Å². The predicted molar refractivity (Wildman–Crippen MR) is 32.6 cm³/mol. The molecule has 0 N–H and O–H groups in total. The minimum Gasteiger partial charge on any atom is -0.549 e. The molecule has 0 aromatic carbocycles. The van der Waals surface area contributed by atoms with Crippen LogP contribution in [0.3, 0.4) is 0 Å². The van der Waals surface area contributed by atoms with Gasteiger partial charge in [-0.25, -0.2) is 0 Å². The molecule has 0 aromatic heterocycles. The van der Waals surface area contributed by atoms with Crippen molar-refractivity contribution in [2.24, 2.45) is 0 Å². The van der Waals surface area contributed by atoms with Gasteiger partial charge in [0.15, 0.2) is 0 Å². The number of alkyl halides is 1. The van der Waals surface area contributed by atoms with Crippen LogP contribution in [0.25, 0.3) is 0 Å². The molecule has 0 radical (unpaired) electrons. The smallest absolute Gasteiger partial charge is 0.0551 e. The van der Waals surface area contributed by atoms with Crippen LogP contribution < -0.4 is 5.11 Å². The lowest BCUT2D eigenvalue weighted by Gasteiger charge is -2.06. The van der Waals surface area contributed by atoms with Crippen molar-refractivity contribution in [3.8, 4) is 0 Å². The third kappa shape index (κ3) is 3.02. The molecule has 0 rings (SSSR count). The highest BCUT2D eigenvalue weighted by Gasteiger charge is 2.00. The molecule has 2 nitrogen and oxygen atoms in total. The summed E-state index contributed by atoms with van der Waals surface area (Å²) in [5, 5.41) is 9.93. The maximum absolute atomic E-state index is 9.93. The van der Waals surface area contributed by atoms with E-state index >= 15 is 0 Å². The molecule has 0 spiro atoms. The standard InChI is InChI=1S/C5H9BrO2/c1-2-3-4(6)5(7)8/h4H,2-3H2,1H3,(H,7,8)/p-1/t4-/m0/s1. The average Bonchev–Trinajstić information content (AvgIpc) is 1.67. The van der Waals surface area contributed by atoms with Crippen LogP contribution in [0.2, 0.25) is 0 Å². The minimum atomic E-state index is -1.02. The van der Waals surface area contributed by atoms with Gasteiger partial charge in [-0.2, -0.15) is 0 Å². The Morgan fingerprint density at radius 2 is 2.38 bits per heavy atom. The van der Waals surface area contributed by atoms with Crippen molar-refractivity contribution >= 4 is 21.9 Å². The van der Waals surface area contributed by atoms with Crippen LogP contribution in [-0.2, 0) is 4.79 Å². The molecular formula is C5H8BrO2-. The van der Waals surface area contributed by atoms with E-state index < -0.39 is 10.8 Å². The average molecular weight is 180 g/mol. The van der Waals surface area contributed by atoms with Gasteiger partial charge in [-0.1, -0.05) is 29.3 Å². The van der Waals surface area contributed by atoms with E-state index in [9.17, 15) is 9.90 Å². The summed E-state index contributed by atoms with van der Waals surface area (Å²) in [6.45, 7) is 1.93. The molecule has 1 atom stereocenters. The monoisotopic (exact) mass is 179 g/mol. The molecule has 8 heavy (non-hydrogen) atoms. The predicted octanol–water partition coefficient (Wildman–Crippen LogP) is 0.300. The Kier molecular flexibility index (Phi) is 3.87. The number of carbonyl (C=O) groups is 1. The number of carboxylic acids is 1. The van der Waals surface area contributed by atoms with Gasteiger partial charge in [-0.3, -0.25) is 0 Å². The fourth-order valence-electron chi connectivity index (χ4n) is 0.371. The van der Waals surface area contributed by atoms with Crippen molar-refractivity contribution in [1.82, 2.24) is 0 Å². The van der Waals surface area contributed by atoms with E-state index in [1.165, 1.54) is 0 Å². The molecule has 0 aliphatic rings. The Balaban J connectivity index is 3.32. The molecule has 0 bridgehead atoms. The first kappa shape index (κ1) is 7.95. The fourth-order valence-corrected chi connectivity index (χ4v) is 0.829. The summed E-state index contributed by atoms with van der Waals surface area (Å²) in [5.74, 6) is -1.02. The third-order valence-corrected chi connectivity index (χ3v) is 1.63. The Labute approximate surface area is 57.0 Å². The zero-order chi connectivity index (χ0) is 6.57. The molecule has 48 valence electrons. The normalized spacial score (nSPS) is 13.2. The summed E-state index contributed by atoms with van der Waals surface area (Å²) in [6.07, 6.45) is 1.51. The molecule has 3 heteroatoms. The molecular weight excluding hydrogens is 172 g/mol. The van der Waals surface area contributed by atoms with E-state index in [-0.39, 0.29) is 0 Å². The molecule has 0 saturated carbocycles. The van der Waals surface area contributed by atoms with Gasteiger partial charge >= 0.3 is 0 Å². The van der Waals surface area contributed by atoms with Gasteiger partial charge in [-0.15, -0.1) is 0 Å². The zero-order valence-electron chi connectivity index (χ0n) is 4.69. The van der Waals surface area contributed by atoms with Gasteiger partial charge in [0.1, 0.15) is 0 Å². The second-order valence-electron chi connectivity index (χ2n) is 1.58. The Morgan fingerprint density at radius 1 is 1.88 bits per heavy atom. The van der Waals surface area contributed by atoms with Gasteiger partial charge in [0, 0.05) is 0 Å². The molecule has 0 fully saturated rings. The van der Waals surface area contributed by atoms with Crippen LogP contribution >= 0.6 is 15.9 Å². The minimum absolute atomic E-state index is 0.465. The molecule has 0 saturated heterocycles. The number of carbonyl (C=O) groups excluding carboxylic acids is 1. The third-order valence-electron chi connectivity index (χ3n) is 0.798. The summed E-state index contributed by atoms with van der Waals surface area (Å²) in [4.78, 5) is 9.47. The molecule has 0 amide bonds. The maximum Gasteiger partial charge on any atom is 0.0551 e. The number of hydrogen-bond acceptors (Lipinski definition) is 2. The molecule has 0 aliphatic carbocycles.